The number of rotatable bonds is 8. The van der Waals surface area contributed by atoms with Gasteiger partial charge in [0.2, 0.25) is 0 Å². The average molecular weight is 474 g/mol. The highest BCUT2D eigenvalue weighted by atomic mass is 127. The van der Waals surface area contributed by atoms with E-state index in [9.17, 15) is 0 Å². The van der Waals surface area contributed by atoms with Gasteiger partial charge >= 0.3 is 0 Å². The van der Waals surface area contributed by atoms with Gasteiger partial charge in [-0.05, 0) is 36.5 Å². The molecule has 2 fully saturated rings. The number of hydrogen-bond donors (Lipinski definition) is 2. The van der Waals surface area contributed by atoms with Crippen molar-refractivity contribution in [1.29, 1.82) is 0 Å². The van der Waals surface area contributed by atoms with Gasteiger partial charge in [-0.25, -0.2) is 0 Å². The van der Waals surface area contributed by atoms with Gasteiger partial charge in [-0.2, -0.15) is 0 Å². The second-order valence-electron chi connectivity index (χ2n) is 6.70. The molecule has 0 radical (unpaired) electrons. The van der Waals surface area contributed by atoms with Crippen molar-refractivity contribution in [2.24, 2.45) is 10.9 Å². The smallest absolute Gasteiger partial charge is 0.191 e. The minimum Gasteiger partial charge on any atom is -0.492 e. The van der Waals surface area contributed by atoms with Gasteiger partial charge in [-0.1, -0.05) is 12.1 Å². The van der Waals surface area contributed by atoms with Crippen LogP contribution in [0.25, 0.3) is 0 Å². The summed E-state index contributed by atoms with van der Waals surface area (Å²) < 4.78 is 11.3. The maximum absolute atomic E-state index is 5.91. The summed E-state index contributed by atoms with van der Waals surface area (Å²) in [5, 5.41) is 6.74. The normalized spacial score (nSPS) is 18.1. The molecule has 2 aliphatic rings. The molecule has 0 spiro atoms. The summed E-state index contributed by atoms with van der Waals surface area (Å²) in [5.74, 6) is 2.63. The summed E-state index contributed by atoms with van der Waals surface area (Å²) in [6.45, 7) is 7.08. The van der Waals surface area contributed by atoms with Crippen LogP contribution in [0.2, 0.25) is 0 Å². The molecular weight excluding hydrogens is 443 g/mol. The molecule has 1 aromatic carbocycles. The molecule has 0 atom stereocenters. The molecule has 7 heteroatoms. The molecule has 1 aromatic rings. The molecule has 0 unspecified atom stereocenters. The third kappa shape index (κ3) is 7.67. The van der Waals surface area contributed by atoms with Crippen molar-refractivity contribution in [2.75, 3.05) is 53.0 Å². The number of benzene rings is 1. The van der Waals surface area contributed by atoms with Crippen LogP contribution in [-0.2, 0) is 11.3 Å². The summed E-state index contributed by atoms with van der Waals surface area (Å²) in [5.41, 5.74) is 1.19. The van der Waals surface area contributed by atoms with Crippen LogP contribution in [0.1, 0.15) is 18.4 Å². The number of guanidine groups is 1. The highest BCUT2D eigenvalue weighted by Crippen LogP contribution is 2.27. The molecule has 1 saturated carbocycles. The summed E-state index contributed by atoms with van der Waals surface area (Å²) in [6.07, 6.45) is 2.68. The number of aliphatic imine (C=N–C) groups is 1. The van der Waals surface area contributed by atoms with Crippen molar-refractivity contribution >= 4 is 29.9 Å². The Bertz CT molecular complexity index is 560. The third-order valence-electron chi connectivity index (χ3n) is 4.62. The first-order valence-electron chi connectivity index (χ1n) is 9.30. The number of morpholine rings is 1. The van der Waals surface area contributed by atoms with E-state index in [2.05, 4.69) is 32.7 Å². The first kappa shape index (κ1) is 21.2. The van der Waals surface area contributed by atoms with E-state index in [1.807, 2.05) is 19.2 Å². The van der Waals surface area contributed by atoms with Gasteiger partial charge < -0.3 is 20.1 Å². The van der Waals surface area contributed by atoms with Crippen LogP contribution in [0, 0.1) is 5.92 Å². The largest absolute Gasteiger partial charge is 0.492 e. The van der Waals surface area contributed by atoms with Crippen LogP contribution in [0.5, 0.6) is 5.75 Å². The van der Waals surface area contributed by atoms with Crippen LogP contribution in [-0.4, -0.2) is 63.9 Å². The molecule has 0 aromatic heterocycles. The number of hydrogen-bond acceptors (Lipinski definition) is 4. The van der Waals surface area contributed by atoms with Crippen molar-refractivity contribution in [3.8, 4) is 5.75 Å². The zero-order chi connectivity index (χ0) is 17.3. The quantitative estimate of drug-likeness (QED) is 0.344. The summed E-state index contributed by atoms with van der Waals surface area (Å²) >= 11 is 0. The van der Waals surface area contributed by atoms with Crippen molar-refractivity contribution in [3.63, 3.8) is 0 Å². The zero-order valence-corrected chi connectivity index (χ0v) is 17.9. The Balaban J connectivity index is 0.00000243. The molecule has 146 valence electrons. The molecule has 3 rings (SSSR count). The van der Waals surface area contributed by atoms with E-state index >= 15 is 0 Å². The Labute approximate surface area is 173 Å². The number of nitrogens with one attached hydrogen (secondary N) is 2. The molecule has 1 aliphatic heterocycles. The fourth-order valence-electron chi connectivity index (χ4n) is 2.83. The van der Waals surface area contributed by atoms with Crippen molar-refractivity contribution in [3.05, 3.63) is 29.8 Å². The lowest BCUT2D eigenvalue weighted by Crippen LogP contribution is -2.38. The Morgan fingerprint density at radius 1 is 1.27 bits per heavy atom. The van der Waals surface area contributed by atoms with Crippen molar-refractivity contribution < 1.29 is 9.47 Å². The maximum Gasteiger partial charge on any atom is 0.191 e. The lowest BCUT2D eigenvalue weighted by atomic mass is 10.2. The number of halogens is 1. The van der Waals surface area contributed by atoms with Crippen molar-refractivity contribution in [1.82, 2.24) is 15.5 Å². The lowest BCUT2D eigenvalue weighted by Gasteiger charge is -2.26. The topological polar surface area (TPSA) is 58.1 Å². The second kappa shape index (κ2) is 11.6. The summed E-state index contributed by atoms with van der Waals surface area (Å²) in [7, 11) is 1.81. The second-order valence-corrected chi connectivity index (χ2v) is 6.70. The zero-order valence-electron chi connectivity index (χ0n) is 15.6. The first-order valence-corrected chi connectivity index (χ1v) is 9.30. The summed E-state index contributed by atoms with van der Waals surface area (Å²) in [6, 6.07) is 8.26. The van der Waals surface area contributed by atoms with E-state index in [0.29, 0.717) is 6.61 Å². The monoisotopic (exact) mass is 474 g/mol. The fourth-order valence-corrected chi connectivity index (χ4v) is 2.83. The lowest BCUT2D eigenvalue weighted by molar-refractivity contribution is 0.0322. The summed E-state index contributed by atoms with van der Waals surface area (Å²) in [4.78, 5) is 6.65. The molecule has 26 heavy (non-hydrogen) atoms. The Morgan fingerprint density at radius 2 is 2.08 bits per heavy atom. The average Bonchev–Trinajstić information content (AvgIpc) is 3.48. The maximum atomic E-state index is 5.91. The molecule has 0 bridgehead atoms. The van der Waals surface area contributed by atoms with Crippen molar-refractivity contribution in [2.45, 2.75) is 19.4 Å². The van der Waals surface area contributed by atoms with Gasteiger partial charge in [0.15, 0.2) is 5.96 Å². The van der Waals surface area contributed by atoms with E-state index in [0.717, 1.165) is 63.6 Å². The van der Waals surface area contributed by atoms with Gasteiger partial charge in [0.1, 0.15) is 12.4 Å². The van der Waals surface area contributed by atoms with E-state index < -0.39 is 0 Å². The van der Waals surface area contributed by atoms with E-state index in [1.165, 1.54) is 18.4 Å². The van der Waals surface area contributed by atoms with Crippen LogP contribution < -0.4 is 15.4 Å². The van der Waals surface area contributed by atoms with E-state index in [-0.39, 0.29) is 24.0 Å². The van der Waals surface area contributed by atoms with E-state index in [1.54, 1.807) is 0 Å². The van der Waals surface area contributed by atoms with Gasteiger partial charge in [0.05, 0.1) is 13.2 Å². The minimum absolute atomic E-state index is 0. The predicted octanol–water partition coefficient (Wildman–Crippen LogP) is 2.09. The van der Waals surface area contributed by atoms with Gasteiger partial charge in [0, 0.05) is 39.8 Å². The number of ether oxygens (including phenoxy) is 2. The Morgan fingerprint density at radius 3 is 2.81 bits per heavy atom. The minimum atomic E-state index is 0. The van der Waals surface area contributed by atoms with Gasteiger partial charge in [0.25, 0.3) is 0 Å². The highest BCUT2D eigenvalue weighted by Gasteiger charge is 2.21. The first-order chi connectivity index (χ1) is 12.3. The fraction of sp³-hybridized carbons (Fsp3) is 0.632. The molecule has 6 nitrogen and oxygen atoms in total. The number of nitrogens with zero attached hydrogens (tertiary/aromatic N) is 2. The van der Waals surface area contributed by atoms with Crippen LogP contribution in [0.4, 0.5) is 0 Å². The molecular formula is C19H31IN4O2. The van der Waals surface area contributed by atoms with Gasteiger partial charge in [-0.15, -0.1) is 24.0 Å². The molecule has 1 heterocycles. The predicted molar refractivity (Wildman–Crippen MR) is 116 cm³/mol. The molecule has 2 N–H and O–H groups in total. The van der Waals surface area contributed by atoms with Crippen LogP contribution in [0.15, 0.2) is 29.3 Å². The molecule has 1 saturated heterocycles. The standard InChI is InChI=1S/C19H30N4O2.HI/c1-20-19(21-14-16-5-6-16)22-15-17-3-2-4-18(13-17)25-12-9-23-7-10-24-11-8-23;/h2-4,13,16H,5-12,14-15H2,1H3,(H2,20,21,22);1H. The molecule has 1 aliphatic carbocycles. The molecule has 0 amide bonds. The van der Waals surface area contributed by atoms with Gasteiger partial charge in [-0.3, -0.25) is 9.89 Å². The SMILES string of the molecule is CN=C(NCc1cccc(OCCN2CCOCC2)c1)NCC1CC1.I. The highest BCUT2D eigenvalue weighted by molar-refractivity contribution is 14.0. The Kier molecular flexibility index (Phi) is 9.49. The van der Waals surface area contributed by atoms with Crippen LogP contribution in [0.3, 0.4) is 0 Å². The Hall–Kier alpha value is -1.06. The van der Waals surface area contributed by atoms with E-state index in [4.69, 9.17) is 9.47 Å². The third-order valence-corrected chi connectivity index (χ3v) is 4.62. The van der Waals surface area contributed by atoms with Crippen LogP contribution >= 0.6 is 24.0 Å².